The van der Waals surface area contributed by atoms with E-state index in [9.17, 15) is 9.59 Å². The van der Waals surface area contributed by atoms with Crippen LogP contribution in [0.15, 0.2) is 18.9 Å². The molecule has 1 rings (SSSR count). The van der Waals surface area contributed by atoms with Crippen molar-refractivity contribution in [2.45, 2.75) is 0 Å². The largest absolute Gasteiger partial charge is 0.480 e. The van der Waals surface area contributed by atoms with Gasteiger partial charge in [0.25, 0.3) is 5.91 Å². The number of aromatic nitrogens is 1. The summed E-state index contributed by atoms with van der Waals surface area (Å²) >= 11 is 17.4. The molecule has 0 spiro atoms. The number of halogens is 3. The summed E-state index contributed by atoms with van der Waals surface area (Å²) in [4.78, 5) is 27.6. The van der Waals surface area contributed by atoms with Gasteiger partial charge in [-0.3, -0.25) is 9.59 Å². The van der Waals surface area contributed by atoms with E-state index in [2.05, 4.69) is 11.6 Å². The van der Waals surface area contributed by atoms with Gasteiger partial charge in [-0.15, -0.1) is 6.58 Å². The Kier molecular flexibility index (Phi) is 5.60. The minimum atomic E-state index is -1.16. The Morgan fingerprint density at radius 1 is 1.37 bits per heavy atom. The van der Waals surface area contributed by atoms with Crippen LogP contribution < -0.4 is 0 Å². The topological polar surface area (TPSA) is 70.5 Å². The van der Waals surface area contributed by atoms with E-state index in [1.54, 1.807) is 0 Å². The quantitative estimate of drug-likeness (QED) is 0.846. The first-order chi connectivity index (χ1) is 8.88. The molecule has 5 nitrogen and oxygen atoms in total. The number of amides is 1. The zero-order valence-electron chi connectivity index (χ0n) is 9.57. The zero-order valence-corrected chi connectivity index (χ0v) is 11.8. The van der Waals surface area contributed by atoms with E-state index in [0.717, 1.165) is 4.90 Å². The van der Waals surface area contributed by atoms with Crippen LogP contribution in [0.3, 0.4) is 0 Å². The van der Waals surface area contributed by atoms with Crippen molar-refractivity contribution in [2.75, 3.05) is 13.1 Å². The van der Waals surface area contributed by atoms with Crippen LogP contribution in [0.25, 0.3) is 0 Å². The van der Waals surface area contributed by atoms with E-state index < -0.39 is 18.4 Å². The summed E-state index contributed by atoms with van der Waals surface area (Å²) in [6, 6.07) is 0. The lowest BCUT2D eigenvalue weighted by Gasteiger charge is -2.19. The van der Waals surface area contributed by atoms with Crippen LogP contribution in [-0.2, 0) is 4.79 Å². The Balaban J connectivity index is 3.12. The van der Waals surface area contributed by atoms with Crippen molar-refractivity contribution in [3.05, 3.63) is 39.6 Å². The Labute approximate surface area is 124 Å². The summed E-state index contributed by atoms with van der Waals surface area (Å²) in [7, 11) is 0. The van der Waals surface area contributed by atoms with Gasteiger partial charge in [-0.05, 0) is 0 Å². The van der Waals surface area contributed by atoms with E-state index in [0.29, 0.717) is 0 Å². The fraction of sp³-hybridized carbons (Fsp3) is 0.182. The van der Waals surface area contributed by atoms with Crippen LogP contribution >= 0.6 is 34.8 Å². The third-order valence-electron chi connectivity index (χ3n) is 2.08. The van der Waals surface area contributed by atoms with E-state index in [1.165, 1.54) is 12.3 Å². The number of carboxylic acid groups (broad SMARTS) is 1. The normalized spacial score (nSPS) is 10.1. The summed E-state index contributed by atoms with van der Waals surface area (Å²) < 4.78 is 0. The molecule has 0 bridgehead atoms. The van der Waals surface area contributed by atoms with Crippen molar-refractivity contribution in [1.82, 2.24) is 9.88 Å². The summed E-state index contributed by atoms with van der Waals surface area (Å²) in [6.07, 6.45) is 2.57. The van der Waals surface area contributed by atoms with Crippen LogP contribution in [0.4, 0.5) is 0 Å². The summed E-state index contributed by atoms with van der Waals surface area (Å²) in [5.74, 6) is -1.82. The smallest absolute Gasteiger partial charge is 0.323 e. The molecule has 0 saturated carbocycles. The van der Waals surface area contributed by atoms with Crippen molar-refractivity contribution in [2.24, 2.45) is 0 Å². The monoisotopic (exact) mass is 322 g/mol. The molecular weight excluding hydrogens is 314 g/mol. The van der Waals surface area contributed by atoms with Crippen molar-refractivity contribution in [3.8, 4) is 0 Å². The van der Waals surface area contributed by atoms with Crippen molar-refractivity contribution < 1.29 is 14.7 Å². The van der Waals surface area contributed by atoms with Crippen LogP contribution in [-0.4, -0.2) is 40.0 Å². The Bertz CT molecular complexity index is 534. The molecule has 19 heavy (non-hydrogen) atoms. The van der Waals surface area contributed by atoms with Gasteiger partial charge in [0.1, 0.15) is 12.2 Å². The minimum Gasteiger partial charge on any atom is -0.480 e. The van der Waals surface area contributed by atoms with E-state index >= 15 is 0 Å². The first-order valence-electron chi connectivity index (χ1n) is 5.00. The molecule has 1 aromatic heterocycles. The molecule has 102 valence electrons. The van der Waals surface area contributed by atoms with Crippen LogP contribution in [0, 0.1) is 0 Å². The fourth-order valence-electron chi connectivity index (χ4n) is 1.28. The number of hydrogen-bond acceptors (Lipinski definition) is 3. The third kappa shape index (κ3) is 3.83. The Morgan fingerprint density at radius 3 is 2.53 bits per heavy atom. The highest BCUT2D eigenvalue weighted by atomic mass is 35.5. The minimum absolute atomic E-state index is 0.00411. The molecule has 0 aromatic carbocycles. The molecule has 0 fully saturated rings. The first-order valence-corrected chi connectivity index (χ1v) is 6.13. The van der Waals surface area contributed by atoms with Gasteiger partial charge in [0.15, 0.2) is 0 Å². The average Bonchev–Trinajstić information content (AvgIpc) is 2.34. The lowest BCUT2D eigenvalue weighted by atomic mass is 10.3. The van der Waals surface area contributed by atoms with Gasteiger partial charge < -0.3 is 10.0 Å². The van der Waals surface area contributed by atoms with Crippen molar-refractivity contribution >= 4 is 46.7 Å². The molecule has 0 aliphatic heterocycles. The maximum atomic E-state index is 12.1. The molecule has 8 heteroatoms. The van der Waals surface area contributed by atoms with E-state index in [1.807, 2.05) is 0 Å². The number of rotatable bonds is 5. The number of pyridine rings is 1. The van der Waals surface area contributed by atoms with Gasteiger partial charge in [0, 0.05) is 12.7 Å². The summed E-state index contributed by atoms with van der Waals surface area (Å²) in [5.41, 5.74) is -0.154. The second kappa shape index (κ2) is 6.75. The van der Waals surface area contributed by atoms with Gasteiger partial charge in [-0.1, -0.05) is 40.9 Å². The summed E-state index contributed by atoms with van der Waals surface area (Å²) in [6.45, 7) is 3.00. The summed E-state index contributed by atoms with van der Waals surface area (Å²) in [5, 5.41) is 8.74. The predicted octanol–water partition coefficient (Wildman–Crippen LogP) is 2.75. The molecule has 0 unspecified atom stereocenters. The van der Waals surface area contributed by atoms with Gasteiger partial charge in [0.05, 0.1) is 15.1 Å². The molecular formula is C11H9Cl3N2O3. The number of hydrogen-bond donors (Lipinski definition) is 1. The number of aliphatic carboxylic acids is 1. The Morgan fingerprint density at radius 2 is 2.00 bits per heavy atom. The second-order valence-electron chi connectivity index (χ2n) is 3.45. The molecule has 1 N–H and O–H groups in total. The SMILES string of the molecule is C=CCN(CC(=O)O)C(=O)c1ncc(Cl)c(Cl)c1Cl. The highest BCUT2D eigenvalue weighted by Gasteiger charge is 2.23. The lowest BCUT2D eigenvalue weighted by Crippen LogP contribution is -2.36. The first kappa shape index (κ1) is 15.8. The van der Waals surface area contributed by atoms with Crippen LogP contribution in [0.1, 0.15) is 10.5 Å². The fourth-order valence-corrected chi connectivity index (χ4v) is 1.84. The lowest BCUT2D eigenvalue weighted by molar-refractivity contribution is -0.137. The molecule has 0 atom stereocenters. The highest BCUT2D eigenvalue weighted by Crippen LogP contribution is 2.31. The van der Waals surface area contributed by atoms with Gasteiger partial charge in [-0.2, -0.15) is 0 Å². The van der Waals surface area contributed by atoms with Crippen molar-refractivity contribution in [1.29, 1.82) is 0 Å². The maximum absolute atomic E-state index is 12.1. The molecule has 0 saturated heterocycles. The number of nitrogens with zero attached hydrogens (tertiary/aromatic N) is 2. The van der Waals surface area contributed by atoms with Gasteiger partial charge in [0.2, 0.25) is 0 Å². The third-order valence-corrected chi connectivity index (χ3v) is 3.32. The number of carboxylic acids is 1. The number of carbonyl (C=O) groups is 2. The second-order valence-corrected chi connectivity index (χ2v) is 4.61. The van der Waals surface area contributed by atoms with Crippen LogP contribution in [0.5, 0.6) is 0 Å². The molecule has 0 radical (unpaired) electrons. The molecule has 1 heterocycles. The predicted molar refractivity (Wildman–Crippen MR) is 73.0 cm³/mol. The number of carbonyl (C=O) groups excluding carboxylic acids is 1. The molecule has 1 amide bonds. The van der Waals surface area contributed by atoms with Crippen LogP contribution in [0.2, 0.25) is 15.1 Å². The highest BCUT2D eigenvalue weighted by molar-refractivity contribution is 6.48. The Hall–Kier alpha value is -1.30. The zero-order chi connectivity index (χ0) is 14.6. The average molecular weight is 324 g/mol. The van der Waals surface area contributed by atoms with Crippen molar-refractivity contribution in [3.63, 3.8) is 0 Å². The van der Waals surface area contributed by atoms with E-state index in [-0.39, 0.29) is 27.3 Å². The van der Waals surface area contributed by atoms with E-state index in [4.69, 9.17) is 39.9 Å². The van der Waals surface area contributed by atoms with Gasteiger partial charge in [-0.25, -0.2) is 4.98 Å². The maximum Gasteiger partial charge on any atom is 0.323 e. The molecule has 1 aromatic rings. The molecule has 0 aliphatic rings. The molecule has 0 aliphatic carbocycles. The van der Waals surface area contributed by atoms with Gasteiger partial charge >= 0.3 is 5.97 Å². The standard InChI is InChI=1S/C11H9Cl3N2O3/c1-2-3-16(5-7(17)18)11(19)10-9(14)8(13)6(12)4-15-10/h2,4H,1,3,5H2,(H,17,18).